The van der Waals surface area contributed by atoms with Crippen molar-refractivity contribution in [2.24, 2.45) is 38.9 Å². The third kappa shape index (κ3) is 8.35. The molecule has 15 heteroatoms. The maximum absolute atomic E-state index is 14.9. The van der Waals surface area contributed by atoms with Crippen LogP contribution in [0.4, 0.5) is 4.79 Å². The summed E-state index contributed by atoms with van der Waals surface area (Å²) in [4.78, 5) is 56.0. The fourth-order valence-corrected chi connectivity index (χ4v) is 11.2. The summed E-state index contributed by atoms with van der Waals surface area (Å²) in [6.45, 7) is 18.9. The fourth-order valence-electron chi connectivity index (χ4n) is 9.99. The molecule has 7 atom stereocenters. The number of rotatable bonds is 15. The lowest BCUT2D eigenvalue weighted by Crippen LogP contribution is -2.60. The van der Waals surface area contributed by atoms with Crippen LogP contribution in [0.5, 0.6) is 0 Å². The van der Waals surface area contributed by atoms with Gasteiger partial charge >= 0.3 is 6.03 Å². The number of aliphatic hydroxyl groups excluding tert-OH is 1. The Hall–Kier alpha value is -2.33. The lowest BCUT2D eigenvalue weighted by molar-refractivity contribution is -0.137. The molecule has 6 N–H and O–H groups in total. The van der Waals surface area contributed by atoms with Crippen molar-refractivity contribution in [3.05, 3.63) is 0 Å². The molecule has 1 aliphatic heterocycles. The van der Waals surface area contributed by atoms with Crippen molar-refractivity contribution < 1.29 is 37.4 Å². The topological polar surface area (TPSA) is 195 Å². The van der Waals surface area contributed by atoms with Gasteiger partial charge in [0.2, 0.25) is 5.91 Å². The third-order valence-electron chi connectivity index (χ3n) is 13.8. The lowest BCUT2D eigenvalue weighted by atomic mass is 9.72. The number of carbonyl (C=O) groups is 4. The van der Waals surface area contributed by atoms with Gasteiger partial charge in [0.05, 0.1) is 25.3 Å². The monoisotopic (exact) mass is 780 g/mol. The second-order valence-electron chi connectivity index (χ2n) is 19.5. The molecule has 4 amide bonds. The van der Waals surface area contributed by atoms with E-state index in [-0.39, 0.29) is 53.6 Å². The summed E-state index contributed by atoms with van der Waals surface area (Å²) in [7, 11) is -3.81. The number of amides is 4. The number of hydrogen-bond donors (Lipinski definition) is 6. The average molecular weight is 781 g/mol. The number of urea groups is 1. The molecule has 308 valence electrons. The standard InChI is InChI=1S/C39H68N6O8S/c1-10-12-27(30(47)33(49)41-24-13-14-24)42-32(48)26-22-39(37(8,9)38(39)15-11-16-38)21-25(26)29(46)31(36(5,6)7)44-34(50)43-28(35(2,3)4)23-40-54(51,52)45-17-19-53-20-18-45/h24-28,30-31,40,47H,10-23H2,1-9H3,(H,41,49)(H,42,48)(H2,43,44,50)/t25?,26-,27?,28+,30?,31-,39+/m1/s1. The predicted molar refractivity (Wildman–Crippen MR) is 205 cm³/mol. The largest absolute Gasteiger partial charge is 0.381 e. The number of morpholine rings is 1. The molecule has 5 aliphatic rings. The molecule has 0 radical (unpaired) electrons. The van der Waals surface area contributed by atoms with E-state index >= 15 is 0 Å². The van der Waals surface area contributed by atoms with Crippen molar-refractivity contribution in [3.63, 3.8) is 0 Å². The summed E-state index contributed by atoms with van der Waals surface area (Å²) in [5.41, 5.74) is -1.47. The SMILES string of the molecule is CCCC(NC(=O)[C@@H]1C[C@@]2(CC1C(=O)[C@@H](NC(=O)N[C@@H](CNS(=O)(=O)N1CCOCC1)C(C)(C)C)C(C)(C)C)C(C)(C)C21CCC1)C(O)C(=O)NC1CC1. The van der Waals surface area contributed by atoms with E-state index in [0.717, 1.165) is 32.1 Å². The van der Waals surface area contributed by atoms with Crippen molar-refractivity contribution in [1.29, 1.82) is 0 Å². The molecule has 0 bridgehead atoms. The van der Waals surface area contributed by atoms with Gasteiger partial charge in [0.25, 0.3) is 16.1 Å². The number of nitrogens with zero attached hydrogens (tertiary/aromatic N) is 1. The van der Waals surface area contributed by atoms with Gasteiger partial charge in [-0.1, -0.05) is 75.2 Å². The Morgan fingerprint density at radius 3 is 2.00 bits per heavy atom. The fraction of sp³-hybridized carbons (Fsp3) is 0.897. The summed E-state index contributed by atoms with van der Waals surface area (Å²) < 4.78 is 35.4. The smallest absolute Gasteiger partial charge is 0.315 e. The van der Waals surface area contributed by atoms with Crippen molar-refractivity contribution in [2.75, 3.05) is 32.8 Å². The first-order chi connectivity index (χ1) is 25.0. The van der Waals surface area contributed by atoms with Crippen LogP contribution in [0.2, 0.25) is 0 Å². The molecule has 3 unspecified atom stereocenters. The molecule has 0 aromatic rings. The van der Waals surface area contributed by atoms with Gasteiger partial charge < -0.3 is 31.1 Å². The highest BCUT2D eigenvalue weighted by Gasteiger charge is 2.85. The van der Waals surface area contributed by atoms with Crippen LogP contribution in [-0.2, 0) is 29.3 Å². The van der Waals surface area contributed by atoms with E-state index in [1.807, 2.05) is 48.5 Å². The van der Waals surface area contributed by atoms with Crippen molar-refractivity contribution in [2.45, 2.75) is 150 Å². The molecular weight excluding hydrogens is 713 g/mol. The minimum atomic E-state index is -3.81. The van der Waals surface area contributed by atoms with E-state index < -0.39 is 69.0 Å². The van der Waals surface area contributed by atoms with Gasteiger partial charge in [-0.2, -0.15) is 12.7 Å². The van der Waals surface area contributed by atoms with Crippen LogP contribution in [0.15, 0.2) is 0 Å². The lowest BCUT2D eigenvalue weighted by Gasteiger charge is -2.36. The van der Waals surface area contributed by atoms with Crippen LogP contribution in [0, 0.1) is 38.9 Å². The zero-order chi connectivity index (χ0) is 40.1. The molecule has 4 saturated carbocycles. The Kier molecular flexibility index (Phi) is 12.3. The zero-order valence-corrected chi connectivity index (χ0v) is 34.9. The van der Waals surface area contributed by atoms with Crippen molar-refractivity contribution >= 4 is 33.8 Å². The Labute approximate surface area is 323 Å². The van der Waals surface area contributed by atoms with Gasteiger partial charge in [-0.25, -0.2) is 9.52 Å². The summed E-state index contributed by atoms with van der Waals surface area (Å²) in [5, 5.41) is 22.8. The van der Waals surface area contributed by atoms with E-state index in [9.17, 15) is 32.7 Å². The van der Waals surface area contributed by atoms with Gasteiger partial charge in [-0.05, 0) is 72.0 Å². The molecule has 14 nitrogen and oxygen atoms in total. The van der Waals surface area contributed by atoms with E-state index in [2.05, 4.69) is 39.8 Å². The number of aliphatic hydroxyl groups is 1. The van der Waals surface area contributed by atoms with E-state index in [1.165, 1.54) is 4.31 Å². The quantitative estimate of drug-likeness (QED) is 0.146. The van der Waals surface area contributed by atoms with Crippen LogP contribution in [-0.4, -0.2) is 105 Å². The number of nitrogens with one attached hydrogen (secondary N) is 5. The van der Waals surface area contributed by atoms with Gasteiger partial charge in [0.1, 0.15) is 0 Å². The minimum Gasteiger partial charge on any atom is -0.381 e. The van der Waals surface area contributed by atoms with Crippen molar-refractivity contribution in [1.82, 2.24) is 30.3 Å². The molecule has 2 spiro atoms. The second-order valence-corrected chi connectivity index (χ2v) is 21.3. The Bertz CT molecular complexity index is 1530. The van der Waals surface area contributed by atoms with Crippen LogP contribution < -0.4 is 26.0 Å². The molecule has 1 heterocycles. The first-order valence-corrected chi connectivity index (χ1v) is 21.7. The number of fused-ring (bicyclic) bond motifs is 1. The second kappa shape index (κ2) is 15.5. The summed E-state index contributed by atoms with van der Waals surface area (Å²) in [6.07, 6.45) is 5.68. The predicted octanol–water partition coefficient (Wildman–Crippen LogP) is 3.00. The van der Waals surface area contributed by atoms with Crippen LogP contribution in [0.25, 0.3) is 0 Å². The summed E-state index contributed by atoms with van der Waals surface area (Å²) in [6, 6.07) is -2.91. The van der Waals surface area contributed by atoms with Gasteiger partial charge in [0.15, 0.2) is 11.9 Å². The van der Waals surface area contributed by atoms with E-state index in [0.29, 0.717) is 38.9 Å². The molecular formula is C39H68N6O8S. The highest BCUT2D eigenvalue weighted by Crippen LogP contribution is 2.90. The van der Waals surface area contributed by atoms with E-state index in [4.69, 9.17) is 4.74 Å². The maximum atomic E-state index is 14.9. The van der Waals surface area contributed by atoms with Gasteiger partial charge in [-0.15, -0.1) is 0 Å². The van der Waals surface area contributed by atoms with Crippen molar-refractivity contribution in [3.8, 4) is 0 Å². The summed E-state index contributed by atoms with van der Waals surface area (Å²) in [5.74, 6) is -2.43. The van der Waals surface area contributed by atoms with E-state index in [1.54, 1.807) is 0 Å². The number of ketones is 1. The summed E-state index contributed by atoms with van der Waals surface area (Å²) >= 11 is 0. The van der Waals surface area contributed by atoms with Crippen LogP contribution >= 0.6 is 0 Å². The molecule has 0 aromatic heterocycles. The van der Waals surface area contributed by atoms with Gasteiger partial charge in [-0.3, -0.25) is 14.4 Å². The molecule has 4 aliphatic carbocycles. The van der Waals surface area contributed by atoms with Gasteiger partial charge in [0, 0.05) is 43.6 Å². The number of carbonyl (C=O) groups excluding carboxylic acids is 4. The first-order valence-electron chi connectivity index (χ1n) is 20.2. The zero-order valence-electron chi connectivity index (χ0n) is 34.1. The molecule has 5 rings (SSSR count). The molecule has 0 aromatic carbocycles. The maximum Gasteiger partial charge on any atom is 0.315 e. The third-order valence-corrected chi connectivity index (χ3v) is 15.4. The molecule has 1 saturated heterocycles. The molecule has 54 heavy (non-hydrogen) atoms. The number of ether oxygens (including phenoxy) is 1. The Morgan fingerprint density at radius 1 is 0.889 bits per heavy atom. The normalized spacial score (nSPS) is 28.7. The Morgan fingerprint density at radius 2 is 1.50 bits per heavy atom. The highest BCUT2D eigenvalue weighted by atomic mass is 32.2. The highest BCUT2D eigenvalue weighted by molar-refractivity contribution is 7.87. The first kappa shape index (κ1) is 42.8. The number of hydrogen-bond acceptors (Lipinski definition) is 8. The average Bonchev–Trinajstić information content (AvgIpc) is 3.89. The Balaban J connectivity index is 1.35. The number of Topliss-reactive ketones (excluding diaryl/α,β-unsaturated/α-hetero) is 1. The van der Waals surface area contributed by atoms with Crippen LogP contribution in [0.3, 0.4) is 0 Å². The van der Waals surface area contributed by atoms with Crippen LogP contribution in [0.1, 0.15) is 120 Å². The minimum absolute atomic E-state index is 0.0568. The molecule has 5 fully saturated rings.